The molecule has 0 unspecified atom stereocenters. The molecule has 1 fully saturated rings. The fraction of sp³-hybridized carbons (Fsp3) is 0.500. The summed E-state index contributed by atoms with van der Waals surface area (Å²) >= 11 is 0. The highest BCUT2D eigenvalue weighted by Gasteiger charge is 2.32. The Labute approximate surface area is 124 Å². The molecule has 1 saturated carbocycles. The van der Waals surface area contributed by atoms with Crippen LogP contribution in [0.25, 0.3) is 0 Å². The van der Waals surface area contributed by atoms with Gasteiger partial charge in [-0.2, -0.15) is 0 Å². The number of rotatable bonds is 9. The normalized spacial score (nSPS) is 13.7. The van der Waals surface area contributed by atoms with Gasteiger partial charge in [0.15, 0.2) is 0 Å². The van der Waals surface area contributed by atoms with Gasteiger partial charge >= 0.3 is 5.97 Å². The molecule has 1 aromatic carbocycles. The number of aliphatic carboxylic acids is 1. The summed E-state index contributed by atoms with van der Waals surface area (Å²) in [6.07, 6.45) is 3.05. The van der Waals surface area contributed by atoms with Crippen LogP contribution in [0.5, 0.6) is 5.75 Å². The number of ether oxygens (including phenoxy) is 1. The molecule has 2 rings (SSSR count). The van der Waals surface area contributed by atoms with E-state index < -0.39 is 5.97 Å². The van der Waals surface area contributed by atoms with Gasteiger partial charge in [0.05, 0.1) is 13.0 Å². The highest BCUT2D eigenvalue weighted by Crippen LogP contribution is 2.27. The van der Waals surface area contributed by atoms with Gasteiger partial charge in [0.2, 0.25) is 5.91 Å². The molecule has 1 aliphatic rings. The Balaban J connectivity index is 1.68. The van der Waals surface area contributed by atoms with Crippen LogP contribution in [0.1, 0.15) is 32.1 Å². The van der Waals surface area contributed by atoms with Crippen molar-refractivity contribution in [3.05, 3.63) is 30.3 Å². The molecule has 0 heterocycles. The van der Waals surface area contributed by atoms with Gasteiger partial charge in [-0.05, 0) is 31.4 Å². The Morgan fingerprint density at radius 2 is 1.90 bits per heavy atom. The van der Waals surface area contributed by atoms with Crippen molar-refractivity contribution in [1.82, 2.24) is 4.90 Å². The van der Waals surface area contributed by atoms with Gasteiger partial charge in [-0.1, -0.05) is 18.2 Å². The topological polar surface area (TPSA) is 66.8 Å². The number of carboxylic acid groups (broad SMARTS) is 1. The van der Waals surface area contributed by atoms with Gasteiger partial charge in [0, 0.05) is 19.0 Å². The summed E-state index contributed by atoms with van der Waals surface area (Å²) in [6, 6.07) is 9.75. The molecular formula is C16H21NO4. The number of hydrogen-bond donors (Lipinski definition) is 1. The molecule has 0 spiro atoms. The number of hydrogen-bond acceptors (Lipinski definition) is 3. The first-order valence-electron chi connectivity index (χ1n) is 7.36. The number of carbonyl (C=O) groups is 2. The average Bonchev–Trinajstić information content (AvgIpc) is 3.29. The van der Waals surface area contributed by atoms with Crippen molar-refractivity contribution >= 4 is 11.9 Å². The van der Waals surface area contributed by atoms with Crippen LogP contribution in [0.15, 0.2) is 30.3 Å². The van der Waals surface area contributed by atoms with E-state index in [2.05, 4.69) is 0 Å². The van der Waals surface area contributed by atoms with E-state index >= 15 is 0 Å². The Hall–Kier alpha value is -2.04. The van der Waals surface area contributed by atoms with E-state index in [1.807, 2.05) is 30.3 Å². The number of amides is 1. The molecule has 21 heavy (non-hydrogen) atoms. The molecule has 1 aliphatic carbocycles. The van der Waals surface area contributed by atoms with Crippen molar-refractivity contribution in [1.29, 1.82) is 0 Å². The number of benzene rings is 1. The van der Waals surface area contributed by atoms with Gasteiger partial charge in [0.25, 0.3) is 0 Å². The van der Waals surface area contributed by atoms with Crippen LogP contribution < -0.4 is 4.74 Å². The van der Waals surface area contributed by atoms with Gasteiger partial charge < -0.3 is 14.7 Å². The fourth-order valence-electron chi connectivity index (χ4n) is 2.19. The largest absolute Gasteiger partial charge is 0.494 e. The van der Waals surface area contributed by atoms with Crippen LogP contribution in [0.3, 0.4) is 0 Å². The van der Waals surface area contributed by atoms with Crippen molar-refractivity contribution in [3.63, 3.8) is 0 Å². The Morgan fingerprint density at radius 3 is 2.52 bits per heavy atom. The SMILES string of the molecule is O=C(O)CCN(C(=O)CCCOc1ccccc1)C1CC1. The van der Waals surface area contributed by atoms with Crippen molar-refractivity contribution in [2.45, 2.75) is 38.1 Å². The molecule has 0 aromatic heterocycles. The van der Waals surface area contributed by atoms with Crippen molar-refractivity contribution in [2.24, 2.45) is 0 Å². The Morgan fingerprint density at radius 1 is 1.19 bits per heavy atom. The summed E-state index contributed by atoms with van der Waals surface area (Å²) in [4.78, 5) is 24.5. The molecule has 0 atom stereocenters. The summed E-state index contributed by atoms with van der Waals surface area (Å²) in [7, 11) is 0. The monoisotopic (exact) mass is 291 g/mol. The molecule has 5 heteroatoms. The lowest BCUT2D eigenvalue weighted by molar-refractivity contribution is -0.138. The zero-order valence-electron chi connectivity index (χ0n) is 12.0. The van der Waals surface area contributed by atoms with Crippen LogP contribution in [-0.4, -0.2) is 41.1 Å². The highest BCUT2D eigenvalue weighted by atomic mass is 16.5. The first kappa shape index (κ1) is 15.4. The third-order valence-corrected chi connectivity index (χ3v) is 3.42. The van der Waals surface area contributed by atoms with Crippen molar-refractivity contribution < 1.29 is 19.4 Å². The summed E-state index contributed by atoms with van der Waals surface area (Å²) in [6.45, 7) is 0.811. The standard InChI is InChI=1S/C16H21NO4/c18-15(17(13-8-9-13)11-10-16(19)20)7-4-12-21-14-5-2-1-3-6-14/h1-3,5-6,13H,4,7-12H2,(H,19,20). The lowest BCUT2D eigenvalue weighted by Crippen LogP contribution is -2.35. The number of carboxylic acids is 1. The number of para-hydroxylation sites is 1. The molecule has 0 bridgehead atoms. The molecule has 1 aromatic rings. The predicted octanol–water partition coefficient (Wildman–Crippen LogP) is 2.31. The quantitative estimate of drug-likeness (QED) is 0.709. The second-order valence-electron chi connectivity index (χ2n) is 5.23. The number of nitrogens with zero attached hydrogens (tertiary/aromatic N) is 1. The predicted molar refractivity (Wildman–Crippen MR) is 78.2 cm³/mol. The van der Waals surface area contributed by atoms with Crippen LogP contribution in [0.4, 0.5) is 0 Å². The minimum Gasteiger partial charge on any atom is -0.494 e. The number of carbonyl (C=O) groups excluding carboxylic acids is 1. The zero-order valence-corrected chi connectivity index (χ0v) is 12.0. The second-order valence-corrected chi connectivity index (χ2v) is 5.23. The third kappa shape index (κ3) is 5.45. The average molecular weight is 291 g/mol. The first-order valence-corrected chi connectivity index (χ1v) is 7.36. The minimum atomic E-state index is -0.860. The highest BCUT2D eigenvalue weighted by molar-refractivity contribution is 5.77. The molecule has 1 amide bonds. The van der Waals surface area contributed by atoms with E-state index in [0.29, 0.717) is 26.0 Å². The van der Waals surface area contributed by atoms with Gasteiger partial charge in [-0.25, -0.2) is 0 Å². The maximum atomic E-state index is 12.1. The summed E-state index contributed by atoms with van der Waals surface area (Å²) in [5.41, 5.74) is 0. The van der Waals surface area contributed by atoms with E-state index in [1.165, 1.54) is 0 Å². The van der Waals surface area contributed by atoms with Crippen LogP contribution in [0, 0.1) is 0 Å². The zero-order chi connectivity index (χ0) is 15.1. The molecule has 0 saturated heterocycles. The van der Waals surface area contributed by atoms with Crippen molar-refractivity contribution in [3.8, 4) is 5.75 Å². The maximum Gasteiger partial charge on any atom is 0.305 e. The van der Waals surface area contributed by atoms with E-state index in [4.69, 9.17) is 9.84 Å². The molecule has 0 radical (unpaired) electrons. The lowest BCUT2D eigenvalue weighted by Gasteiger charge is -2.21. The molecular weight excluding hydrogens is 270 g/mol. The maximum absolute atomic E-state index is 12.1. The molecule has 1 N–H and O–H groups in total. The van der Waals surface area contributed by atoms with Gasteiger partial charge in [0.1, 0.15) is 5.75 Å². The second kappa shape index (κ2) is 7.67. The van der Waals surface area contributed by atoms with Gasteiger partial charge in [-0.3, -0.25) is 9.59 Å². The van der Waals surface area contributed by atoms with Crippen LogP contribution in [-0.2, 0) is 9.59 Å². The van der Waals surface area contributed by atoms with Crippen molar-refractivity contribution in [2.75, 3.05) is 13.2 Å². The Kier molecular flexibility index (Phi) is 5.60. The fourth-order valence-corrected chi connectivity index (χ4v) is 2.19. The third-order valence-electron chi connectivity index (χ3n) is 3.42. The Bertz CT molecular complexity index is 470. The molecule has 5 nitrogen and oxygen atoms in total. The summed E-state index contributed by atoms with van der Waals surface area (Å²) in [5.74, 6) is -0.0221. The lowest BCUT2D eigenvalue weighted by atomic mass is 10.2. The van der Waals surface area contributed by atoms with Crippen LogP contribution in [0.2, 0.25) is 0 Å². The van der Waals surface area contributed by atoms with E-state index in [9.17, 15) is 9.59 Å². The smallest absolute Gasteiger partial charge is 0.305 e. The summed E-state index contributed by atoms with van der Waals surface area (Å²) < 4.78 is 5.55. The minimum absolute atomic E-state index is 0.0166. The molecule has 0 aliphatic heterocycles. The van der Waals surface area contributed by atoms with Crippen LogP contribution >= 0.6 is 0 Å². The summed E-state index contributed by atoms with van der Waals surface area (Å²) in [5, 5.41) is 8.73. The van der Waals surface area contributed by atoms with Gasteiger partial charge in [-0.15, -0.1) is 0 Å². The first-order chi connectivity index (χ1) is 10.2. The molecule has 114 valence electrons. The van der Waals surface area contributed by atoms with E-state index in [-0.39, 0.29) is 18.4 Å². The van der Waals surface area contributed by atoms with E-state index in [0.717, 1.165) is 18.6 Å². The van der Waals surface area contributed by atoms with E-state index in [1.54, 1.807) is 4.90 Å².